The van der Waals surface area contributed by atoms with Gasteiger partial charge in [0.2, 0.25) is 5.91 Å². The van der Waals surface area contributed by atoms with Crippen molar-refractivity contribution in [1.29, 1.82) is 0 Å². The number of benzene rings is 2. The molecule has 0 radical (unpaired) electrons. The summed E-state index contributed by atoms with van der Waals surface area (Å²) in [6, 6.07) is 16.5. The molecule has 0 aliphatic carbocycles. The third-order valence-corrected chi connectivity index (χ3v) is 5.00. The molecule has 2 aromatic carbocycles. The zero-order valence-electron chi connectivity index (χ0n) is 16.1. The average Bonchev–Trinajstić information content (AvgIpc) is 3.24. The van der Waals surface area contributed by atoms with Gasteiger partial charge in [0.15, 0.2) is 0 Å². The van der Waals surface area contributed by atoms with Gasteiger partial charge in [0, 0.05) is 25.3 Å². The second-order valence-electron chi connectivity index (χ2n) is 7.30. The van der Waals surface area contributed by atoms with Crippen LogP contribution in [0.3, 0.4) is 0 Å². The molecular formula is C22H27N3O3. The maximum absolute atomic E-state index is 12.6. The number of ether oxygens (including phenoxy) is 1. The SMILES string of the molecule is CC(N)(C(=O)NCc1cccc(C(=O)NCC2CCCO2)c1)c1ccccc1. The smallest absolute Gasteiger partial charge is 0.251 e. The Kier molecular flexibility index (Phi) is 6.44. The van der Waals surface area contributed by atoms with Gasteiger partial charge in [-0.3, -0.25) is 9.59 Å². The summed E-state index contributed by atoms with van der Waals surface area (Å²) in [6.45, 7) is 3.26. The first kappa shape index (κ1) is 20.0. The van der Waals surface area contributed by atoms with Gasteiger partial charge in [-0.1, -0.05) is 42.5 Å². The highest BCUT2D eigenvalue weighted by Gasteiger charge is 2.30. The van der Waals surface area contributed by atoms with Gasteiger partial charge in [0.05, 0.1) is 6.10 Å². The van der Waals surface area contributed by atoms with E-state index in [4.69, 9.17) is 10.5 Å². The molecule has 2 atom stereocenters. The maximum Gasteiger partial charge on any atom is 0.251 e. The molecule has 6 nitrogen and oxygen atoms in total. The van der Waals surface area contributed by atoms with Crippen LogP contribution in [0.25, 0.3) is 0 Å². The van der Waals surface area contributed by atoms with Gasteiger partial charge in [0.1, 0.15) is 5.54 Å². The monoisotopic (exact) mass is 381 g/mol. The molecule has 1 aliphatic rings. The molecule has 0 saturated carbocycles. The van der Waals surface area contributed by atoms with Crippen LogP contribution in [0.4, 0.5) is 0 Å². The van der Waals surface area contributed by atoms with Crippen molar-refractivity contribution in [3.05, 3.63) is 71.3 Å². The van der Waals surface area contributed by atoms with Crippen molar-refractivity contribution in [2.75, 3.05) is 13.2 Å². The Balaban J connectivity index is 1.56. The summed E-state index contributed by atoms with van der Waals surface area (Å²) in [4.78, 5) is 24.9. The topological polar surface area (TPSA) is 93.5 Å². The van der Waals surface area contributed by atoms with Gasteiger partial charge in [-0.25, -0.2) is 0 Å². The van der Waals surface area contributed by atoms with E-state index in [9.17, 15) is 9.59 Å². The molecule has 1 aliphatic heterocycles. The van der Waals surface area contributed by atoms with Crippen molar-refractivity contribution in [1.82, 2.24) is 10.6 Å². The van der Waals surface area contributed by atoms with Crippen LogP contribution in [0.1, 0.15) is 41.3 Å². The van der Waals surface area contributed by atoms with Crippen LogP contribution in [-0.4, -0.2) is 31.1 Å². The lowest BCUT2D eigenvalue weighted by Crippen LogP contribution is -2.48. The van der Waals surface area contributed by atoms with Crippen molar-refractivity contribution >= 4 is 11.8 Å². The number of hydrogen-bond donors (Lipinski definition) is 3. The minimum atomic E-state index is -1.13. The van der Waals surface area contributed by atoms with Gasteiger partial charge in [-0.05, 0) is 43.0 Å². The fourth-order valence-electron chi connectivity index (χ4n) is 3.22. The Morgan fingerprint density at radius 3 is 2.64 bits per heavy atom. The average molecular weight is 381 g/mol. The Hall–Kier alpha value is -2.70. The first-order valence-corrected chi connectivity index (χ1v) is 9.58. The predicted molar refractivity (Wildman–Crippen MR) is 108 cm³/mol. The first-order valence-electron chi connectivity index (χ1n) is 9.58. The molecule has 4 N–H and O–H groups in total. The summed E-state index contributed by atoms with van der Waals surface area (Å²) in [7, 11) is 0. The second kappa shape index (κ2) is 8.99. The first-order chi connectivity index (χ1) is 13.5. The maximum atomic E-state index is 12.6. The lowest BCUT2D eigenvalue weighted by molar-refractivity contribution is -0.126. The predicted octanol–water partition coefficient (Wildman–Crippen LogP) is 2.09. The van der Waals surface area contributed by atoms with E-state index in [-0.39, 0.29) is 17.9 Å². The van der Waals surface area contributed by atoms with Crippen LogP contribution >= 0.6 is 0 Å². The zero-order valence-corrected chi connectivity index (χ0v) is 16.1. The van der Waals surface area contributed by atoms with E-state index in [2.05, 4.69) is 10.6 Å². The third kappa shape index (κ3) is 4.97. The number of nitrogens with one attached hydrogen (secondary N) is 2. The van der Waals surface area contributed by atoms with Crippen molar-refractivity contribution in [2.45, 2.75) is 38.0 Å². The van der Waals surface area contributed by atoms with Crippen molar-refractivity contribution in [2.24, 2.45) is 5.73 Å². The van der Waals surface area contributed by atoms with E-state index in [1.807, 2.05) is 36.4 Å². The number of rotatable bonds is 7. The van der Waals surface area contributed by atoms with Crippen molar-refractivity contribution in [3.8, 4) is 0 Å². The van der Waals surface area contributed by atoms with E-state index >= 15 is 0 Å². The summed E-state index contributed by atoms with van der Waals surface area (Å²) in [5.41, 5.74) is 7.25. The molecule has 28 heavy (non-hydrogen) atoms. The van der Waals surface area contributed by atoms with Gasteiger partial charge >= 0.3 is 0 Å². The fraction of sp³-hybridized carbons (Fsp3) is 0.364. The van der Waals surface area contributed by atoms with Crippen LogP contribution in [0.2, 0.25) is 0 Å². The summed E-state index contributed by atoms with van der Waals surface area (Å²) in [5.74, 6) is -0.413. The molecule has 0 spiro atoms. The second-order valence-corrected chi connectivity index (χ2v) is 7.30. The van der Waals surface area contributed by atoms with Crippen molar-refractivity contribution < 1.29 is 14.3 Å². The minimum Gasteiger partial charge on any atom is -0.376 e. The molecule has 1 saturated heterocycles. The Morgan fingerprint density at radius 1 is 1.14 bits per heavy atom. The van der Waals surface area contributed by atoms with Gasteiger partial charge in [-0.15, -0.1) is 0 Å². The highest BCUT2D eigenvalue weighted by atomic mass is 16.5. The number of amides is 2. The van der Waals surface area contributed by atoms with Crippen LogP contribution in [0, 0.1) is 0 Å². The number of carbonyl (C=O) groups excluding carboxylic acids is 2. The van der Waals surface area contributed by atoms with E-state index in [0.717, 1.165) is 30.6 Å². The minimum absolute atomic E-state index is 0.103. The van der Waals surface area contributed by atoms with E-state index < -0.39 is 5.54 Å². The quantitative estimate of drug-likeness (QED) is 0.685. The normalized spacial score (nSPS) is 18.3. The molecule has 0 bridgehead atoms. The number of hydrogen-bond acceptors (Lipinski definition) is 4. The summed E-state index contributed by atoms with van der Waals surface area (Å²) in [5, 5.41) is 5.77. The van der Waals surface area contributed by atoms with Crippen molar-refractivity contribution in [3.63, 3.8) is 0 Å². The lowest BCUT2D eigenvalue weighted by Gasteiger charge is -2.24. The molecule has 2 amide bonds. The van der Waals surface area contributed by atoms with E-state index in [0.29, 0.717) is 18.7 Å². The zero-order chi connectivity index (χ0) is 20.0. The van der Waals surface area contributed by atoms with Crippen LogP contribution in [0.5, 0.6) is 0 Å². The van der Waals surface area contributed by atoms with Gasteiger partial charge in [-0.2, -0.15) is 0 Å². The van der Waals surface area contributed by atoms with E-state index in [1.165, 1.54) is 0 Å². The van der Waals surface area contributed by atoms with Crippen LogP contribution < -0.4 is 16.4 Å². The molecule has 6 heteroatoms. The number of carbonyl (C=O) groups is 2. The lowest BCUT2D eigenvalue weighted by atomic mass is 9.92. The third-order valence-electron chi connectivity index (χ3n) is 5.00. The van der Waals surface area contributed by atoms with Crippen LogP contribution in [-0.2, 0) is 21.6 Å². The molecule has 2 aromatic rings. The Labute approximate surface area is 165 Å². The summed E-state index contributed by atoms with van der Waals surface area (Å²) < 4.78 is 5.52. The van der Waals surface area contributed by atoms with Gasteiger partial charge in [0.25, 0.3) is 5.91 Å². The largest absolute Gasteiger partial charge is 0.376 e. The standard InChI is InChI=1S/C22H27N3O3/c1-22(23,18-9-3-2-4-10-18)21(27)25-14-16-7-5-8-17(13-16)20(26)24-15-19-11-6-12-28-19/h2-5,7-10,13,19H,6,11-12,14-15,23H2,1H3,(H,24,26)(H,25,27). The van der Waals surface area contributed by atoms with E-state index in [1.54, 1.807) is 25.1 Å². The van der Waals surface area contributed by atoms with Crippen LogP contribution in [0.15, 0.2) is 54.6 Å². The summed E-state index contributed by atoms with van der Waals surface area (Å²) in [6.07, 6.45) is 2.12. The van der Waals surface area contributed by atoms with Gasteiger partial charge < -0.3 is 21.1 Å². The molecule has 3 rings (SSSR count). The molecule has 1 fully saturated rings. The highest BCUT2D eigenvalue weighted by molar-refractivity contribution is 5.94. The summed E-state index contributed by atoms with van der Waals surface area (Å²) >= 11 is 0. The molecule has 2 unspecified atom stereocenters. The highest BCUT2D eigenvalue weighted by Crippen LogP contribution is 2.18. The Morgan fingerprint density at radius 2 is 1.93 bits per heavy atom. The fourth-order valence-corrected chi connectivity index (χ4v) is 3.22. The molecule has 0 aromatic heterocycles. The molecule has 1 heterocycles. The number of nitrogens with two attached hydrogens (primary N) is 1. The molecule has 148 valence electrons. The molecular weight excluding hydrogens is 354 g/mol. The Bertz CT molecular complexity index is 815.